The number of ether oxygens (including phenoxy) is 1. The molecule has 6 heteroatoms. The van der Waals surface area contributed by atoms with Crippen molar-refractivity contribution in [3.8, 4) is 5.75 Å². The number of rotatable bonds is 5. The van der Waals surface area contributed by atoms with Crippen LogP contribution in [0.5, 0.6) is 5.75 Å². The summed E-state index contributed by atoms with van der Waals surface area (Å²) >= 11 is 0. The second-order valence-electron chi connectivity index (χ2n) is 8.54. The Hall–Kier alpha value is -4.03. The van der Waals surface area contributed by atoms with Crippen LogP contribution < -0.4 is 5.32 Å². The lowest BCUT2D eigenvalue weighted by atomic mass is 9.96. The lowest BCUT2D eigenvalue weighted by Gasteiger charge is -2.14. The minimum absolute atomic E-state index is 0.118. The third kappa shape index (κ3) is 3.27. The summed E-state index contributed by atoms with van der Waals surface area (Å²) in [4.78, 5) is 16.0. The molecule has 0 bridgehead atoms. The number of carbonyl (C=O) groups is 1. The van der Waals surface area contributed by atoms with Gasteiger partial charge in [0.05, 0.1) is 5.56 Å². The van der Waals surface area contributed by atoms with E-state index in [2.05, 4.69) is 45.3 Å². The summed E-state index contributed by atoms with van der Waals surface area (Å²) in [5.74, 6) is -0.247. The number of aromatic amines is 1. The summed E-state index contributed by atoms with van der Waals surface area (Å²) in [6.45, 7) is 1.29. The molecule has 1 aliphatic rings. The predicted molar refractivity (Wildman–Crippen MR) is 127 cm³/mol. The van der Waals surface area contributed by atoms with Gasteiger partial charge in [0.15, 0.2) is 6.10 Å². The van der Waals surface area contributed by atoms with E-state index in [-0.39, 0.29) is 11.7 Å². The Labute approximate surface area is 190 Å². The SMILES string of the molecule is Cn1ccc2cc(CNCc3[nH]c4ccccc4c3C3OC(=O)c4ccc(O)cc43)ccc21. The second kappa shape index (κ2) is 7.53. The number of hydrogen-bond donors (Lipinski definition) is 3. The molecule has 6 nitrogen and oxygen atoms in total. The number of phenols is 1. The molecular weight excluding hydrogens is 414 g/mol. The van der Waals surface area contributed by atoms with Crippen molar-refractivity contribution in [2.45, 2.75) is 19.2 Å². The monoisotopic (exact) mass is 437 g/mol. The zero-order chi connectivity index (χ0) is 22.5. The van der Waals surface area contributed by atoms with E-state index in [0.29, 0.717) is 24.2 Å². The van der Waals surface area contributed by atoms with Crippen LogP contribution in [-0.2, 0) is 24.9 Å². The van der Waals surface area contributed by atoms with Gasteiger partial charge in [-0.05, 0) is 53.4 Å². The number of carbonyl (C=O) groups excluding carboxylic acids is 1. The van der Waals surface area contributed by atoms with E-state index >= 15 is 0 Å². The minimum atomic E-state index is -0.562. The fourth-order valence-corrected chi connectivity index (χ4v) is 4.83. The molecule has 6 rings (SSSR count). The van der Waals surface area contributed by atoms with Gasteiger partial charge in [0, 0.05) is 59.6 Å². The van der Waals surface area contributed by atoms with E-state index in [1.807, 2.05) is 31.3 Å². The van der Waals surface area contributed by atoms with Crippen LogP contribution in [0.4, 0.5) is 0 Å². The lowest BCUT2D eigenvalue weighted by Crippen LogP contribution is -2.15. The molecule has 1 atom stereocenters. The minimum Gasteiger partial charge on any atom is -0.508 e. The largest absolute Gasteiger partial charge is 0.508 e. The van der Waals surface area contributed by atoms with Crippen molar-refractivity contribution in [2.24, 2.45) is 7.05 Å². The fourth-order valence-electron chi connectivity index (χ4n) is 4.83. The van der Waals surface area contributed by atoms with E-state index in [4.69, 9.17) is 4.74 Å². The average molecular weight is 437 g/mol. The molecule has 0 saturated heterocycles. The molecule has 1 aliphatic heterocycles. The molecule has 3 N–H and O–H groups in total. The van der Waals surface area contributed by atoms with Gasteiger partial charge in [-0.1, -0.05) is 24.3 Å². The first-order valence-electron chi connectivity index (χ1n) is 11.0. The topological polar surface area (TPSA) is 79.3 Å². The zero-order valence-electron chi connectivity index (χ0n) is 18.1. The van der Waals surface area contributed by atoms with Gasteiger partial charge in [-0.25, -0.2) is 4.79 Å². The van der Waals surface area contributed by atoms with Gasteiger partial charge in [-0.2, -0.15) is 0 Å². The van der Waals surface area contributed by atoms with Crippen LogP contribution in [0.25, 0.3) is 21.8 Å². The molecule has 5 aromatic rings. The van der Waals surface area contributed by atoms with Gasteiger partial charge < -0.3 is 24.7 Å². The summed E-state index contributed by atoms with van der Waals surface area (Å²) in [5.41, 5.74) is 6.48. The molecule has 0 fully saturated rings. The molecule has 0 aliphatic carbocycles. The number of para-hydroxylation sites is 1. The molecule has 2 aromatic heterocycles. The fraction of sp³-hybridized carbons (Fsp3) is 0.148. The number of nitrogens with one attached hydrogen (secondary N) is 2. The highest BCUT2D eigenvalue weighted by atomic mass is 16.5. The Morgan fingerprint density at radius 1 is 1.06 bits per heavy atom. The van der Waals surface area contributed by atoms with E-state index < -0.39 is 6.10 Å². The van der Waals surface area contributed by atoms with Crippen molar-refractivity contribution < 1.29 is 14.6 Å². The van der Waals surface area contributed by atoms with Gasteiger partial charge in [0.25, 0.3) is 0 Å². The number of aryl methyl sites for hydroxylation is 1. The highest BCUT2D eigenvalue weighted by molar-refractivity contribution is 5.96. The van der Waals surface area contributed by atoms with Crippen molar-refractivity contribution in [3.05, 3.63) is 101 Å². The van der Waals surface area contributed by atoms with Crippen LogP contribution in [0, 0.1) is 0 Å². The maximum Gasteiger partial charge on any atom is 0.339 e. The smallest absolute Gasteiger partial charge is 0.339 e. The highest BCUT2D eigenvalue weighted by Crippen LogP contribution is 2.42. The Morgan fingerprint density at radius 3 is 2.85 bits per heavy atom. The number of cyclic esters (lactones) is 1. The number of benzene rings is 3. The van der Waals surface area contributed by atoms with Crippen LogP contribution in [0.15, 0.2) is 72.9 Å². The van der Waals surface area contributed by atoms with E-state index in [1.165, 1.54) is 22.5 Å². The molecule has 0 amide bonds. The molecule has 33 heavy (non-hydrogen) atoms. The third-order valence-electron chi connectivity index (χ3n) is 6.43. The third-order valence-corrected chi connectivity index (χ3v) is 6.43. The van der Waals surface area contributed by atoms with Gasteiger partial charge in [-0.3, -0.25) is 0 Å². The molecule has 3 aromatic carbocycles. The highest BCUT2D eigenvalue weighted by Gasteiger charge is 2.35. The van der Waals surface area contributed by atoms with Crippen LogP contribution >= 0.6 is 0 Å². The Balaban J connectivity index is 1.32. The molecule has 3 heterocycles. The van der Waals surface area contributed by atoms with Crippen LogP contribution in [0.2, 0.25) is 0 Å². The number of esters is 1. The van der Waals surface area contributed by atoms with Gasteiger partial charge >= 0.3 is 5.97 Å². The summed E-state index contributed by atoms with van der Waals surface area (Å²) in [7, 11) is 2.05. The number of aromatic hydroxyl groups is 1. The first kappa shape index (κ1) is 19.6. The van der Waals surface area contributed by atoms with Crippen LogP contribution in [0.1, 0.15) is 38.8 Å². The molecule has 0 spiro atoms. The van der Waals surface area contributed by atoms with E-state index in [1.54, 1.807) is 12.1 Å². The summed E-state index contributed by atoms with van der Waals surface area (Å²) < 4.78 is 7.91. The van der Waals surface area contributed by atoms with Crippen molar-refractivity contribution in [1.82, 2.24) is 14.9 Å². The van der Waals surface area contributed by atoms with Gasteiger partial charge in [0.2, 0.25) is 0 Å². The van der Waals surface area contributed by atoms with Crippen molar-refractivity contribution in [3.63, 3.8) is 0 Å². The number of H-pyrrole nitrogens is 1. The molecular formula is C27H23N3O3. The van der Waals surface area contributed by atoms with E-state index in [0.717, 1.165) is 22.2 Å². The van der Waals surface area contributed by atoms with Crippen molar-refractivity contribution in [1.29, 1.82) is 0 Å². The van der Waals surface area contributed by atoms with Crippen molar-refractivity contribution in [2.75, 3.05) is 0 Å². The van der Waals surface area contributed by atoms with Gasteiger partial charge in [-0.15, -0.1) is 0 Å². The molecule has 164 valence electrons. The zero-order valence-corrected chi connectivity index (χ0v) is 18.1. The number of nitrogens with zero attached hydrogens (tertiary/aromatic N) is 1. The Bertz CT molecular complexity index is 1530. The number of hydrogen-bond acceptors (Lipinski definition) is 4. The second-order valence-corrected chi connectivity index (χ2v) is 8.54. The quantitative estimate of drug-likeness (QED) is 0.341. The number of fused-ring (bicyclic) bond motifs is 3. The summed E-state index contributed by atoms with van der Waals surface area (Å²) in [6, 6.07) is 21.4. The predicted octanol–water partition coefficient (Wildman–Crippen LogP) is 4.91. The maximum absolute atomic E-state index is 12.5. The Kier molecular flexibility index (Phi) is 4.48. The molecule has 0 saturated carbocycles. The maximum atomic E-state index is 12.5. The first-order chi connectivity index (χ1) is 16.1. The average Bonchev–Trinajstić information content (AvgIpc) is 3.46. The molecule has 0 radical (unpaired) electrons. The Morgan fingerprint density at radius 2 is 1.94 bits per heavy atom. The van der Waals surface area contributed by atoms with Gasteiger partial charge in [0.1, 0.15) is 5.75 Å². The van der Waals surface area contributed by atoms with E-state index in [9.17, 15) is 9.90 Å². The number of phenolic OH excluding ortho intramolecular Hbond substituents is 1. The standard InChI is InChI=1S/C27H23N3O3/c1-30-11-10-17-12-16(6-9-24(17)30)14-28-15-23-25(20-4-2-3-5-22(20)29-23)26-21-13-18(31)7-8-19(21)27(32)33-26/h2-13,26,28-29,31H,14-15H2,1H3. The lowest BCUT2D eigenvalue weighted by molar-refractivity contribution is 0.0456. The summed E-state index contributed by atoms with van der Waals surface area (Å²) in [6.07, 6.45) is 1.50. The normalized spacial score (nSPS) is 15.3. The number of aromatic nitrogens is 2. The summed E-state index contributed by atoms with van der Waals surface area (Å²) in [5, 5.41) is 15.8. The van der Waals surface area contributed by atoms with Crippen LogP contribution in [0.3, 0.4) is 0 Å². The van der Waals surface area contributed by atoms with Crippen molar-refractivity contribution >= 4 is 27.8 Å². The van der Waals surface area contributed by atoms with Crippen LogP contribution in [-0.4, -0.2) is 20.6 Å². The molecule has 1 unspecified atom stereocenters. The first-order valence-corrected chi connectivity index (χ1v) is 11.0.